The van der Waals surface area contributed by atoms with Gasteiger partial charge >= 0.3 is 0 Å². The molecule has 0 aromatic heterocycles. The van der Waals surface area contributed by atoms with Crippen LogP contribution in [0.25, 0.3) is 0 Å². The van der Waals surface area contributed by atoms with Gasteiger partial charge in [-0.3, -0.25) is 0 Å². The Labute approximate surface area is 94.0 Å². The normalized spacial score (nSPS) is 11.7. The second-order valence-electron chi connectivity index (χ2n) is 4.07. The Kier molecular flexibility index (Phi) is 4.11. The third kappa shape index (κ3) is 3.78. The van der Waals surface area contributed by atoms with Crippen molar-refractivity contribution in [3.05, 3.63) is 34.3 Å². The monoisotopic (exact) mass is 256 g/mol. The molecule has 0 aliphatic heterocycles. The number of rotatable bonds is 4. The molecular formula is C11H17BrN2. The molecule has 0 saturated heterocycles. The van der Waals surface area contributed by atoms with Crippen LogP contribution < -0.4 is 11.1 Å². The van der Waals surface area contributed by atoms with Crippen LogP contribution in [0, 0.1) is 0 Å². The van der Waals surface area contributed by atoms with Gasteiger partial charge in [0.15, 0.2) is 0 Å². The molecule has 0 aliphatic carbocycles. The molecule has 0 unspecified atom stereocenters. The van der Waals surface area contributed by atoms with Crippen molar-refractivity contribution in [3.63, 3.8) is 0 Å². The van der Waals surface area contributed by atoms with Crippen LogP contribution in [0.1, 0.15) is 19.4 Å². The van der Waals surface area contributed by atoms with E-state index in [0.717, 1.165) is 11.0 Å². The molecule has 0 radical (unpaired) electrons. The van der Waals surface area contributed by atoms with Gasteiger partial charge in [0.2, 0.25) is 0 Å². The van der Waals surface area contributed by atoms with Crippen molar-refractivity contribution in [1.29, 1.82) is 0 Å². The first-order valence-corrected chi connectivity index (χ1v) is 5.52. The van der Waals surface area contributed by atoms with Crippen LogP contribution in [0.2, 0.25) is 0 Å². The third-order valence-electron chi connectivity index (χ3n) is 2.19. The highest BCUT2D eigenvalue weighted by Gasteiger charge is 2.13. The van der Waals surface area contributed by atoms with E-state index in [0.29, 0.717) is 6.54 Å². The number of benzene rings is 1. The molecule has 3 N–H and O–H groups in total. The van der Waals surface area contributed by atoms with Crippen LogP contribution in [0.5, 0.6) is 0 Å². The maximum Gasteiger partial charge on any atom is 0.0250 e. The van der Waals surface area contributed by atoms with Crippen LogP contribution in [0.3, 0.4) is 0 Å². The van der Waals surface area contributed by atoms with E-state index in [1.54, 1.807) is 0 Å². The Balaban J connectivity index is 2.50. The summed E-state index contributed by atoms with van der Waals surface area (Å²) in [6.07, 6.45) is 0. The standard InChI is InChI=1S/C11H17BrN2/c1-11(2,8-13)14-7-9-3-5-10(12)6-4-9/h3-6,14H,7-8,13H2,1-2H3. The highest BCUT2D eigenvalue weighted by molar-refractivity contribution is 9.10. The molecule has 2 nitrogen and oxygen atoms in total. The van der Waals surface area contributed by atoms with E-state index in [1.807, 2.05) is 12.1 Å². The van der Waals surface area contributed by atoms with E-state index < -0.39 is 0 Å². The van der Waals surface area contributed by atoms with Gasteiger partial charge in [0.1, 0.15) is 0 Å². The van der Waals surface area contributed by atoms with E-state index >= 15 is 0 Å². The second kappa shape index (κ2) is 4.91. The van der Waals surface area contributed by atoms with Gasteiger partial charge in [-0.2, -0.15) is 0 Å². The van der Waals surface area contributed by atoms with Gasteiger partial charge in [-0.15, -0.1) is 0 Å². The first-order chi connectivity index (χ1) is 6.53. The summed E-state index contributed by atoms with van der Waals surface area (Å²) < 4.78 is 1.11. The fourth-order valence-corrected chi connectivity index (χ4v) is 1.28. The van der Waals surface area contributed by atoms with Crippen LogP contribution >= 0.6 is 15.9 Å². The summed E-state index contributed by atoms with van der Waals surface area (Å²) in [4.78, 5) is 0. The Morgan fingerprint density at radius 2 is 1.86 bits per heavy atom. The average molecular weight is 257 g/mol. The van der Waals surface area contributed by atoms with Gasteiger partial charge < -0.3 is 11.1 Å². The largest absolute Gasteiger partial charge is 0.329 e. The molecule has 0 spiro atoms. The molecule has 0 fully saturated rings. The Bertz CT molecular complexity index is 280. The molecule has 0 bridgehead atoms. The SMILES string of the molecule is CC(C)(CN)NCc1ccc(Br)cc1. The zero-order chi connectivity index (χ0) is 10.6. The summed E-state index contributed by atoms with van der Waals surface area (Å²) in [5, 5.41) is 3.40. The molecule has 14 heavy (non-hydrogen) atoms. The van der Waals surface area contributed by atoms with Crippen molar-refractivity contribution in [3.8, 4) is 0 Å². The molecule has 3 heteroatoms. The Hall–Kier alpha value is -0.380. The van der Waals surface area contributed by atoms with E-state index in [9.17, 15) is 0 Å². The second-order valence-corrected chi connectivity index (χ2v) is 4.98. The van der Waals surface area contributed by atoms with Crippen molar-refractivity contribution in [2.75, 3.05) is 6.54 Å². The summed E-state index contributed by atoms with van der Waals surface area (Å²) in [6, 6.07) is 8.30. The predicted molar refractivity (Wildman–Crippen MR) is 64.1 cm³/mol. The smallest absolute Gasteiger partial charge is 0.0250 e. The van der Waals surface area contributed by atoms with E-state index in [-0.39, 0.29) is 5.54 Å². The van der Waals surface area contributed by atoms with E-state index in [4.69, 9.17) is 5.73 Å². The fraction of sp³-hybridized carbons (Fsp3) is 0.455. The van der Waals surface area contributed by atoms with Crippen molar-refractivity contribution in [1.82, 2.24) is 5.32 Å². The summed E-state index contributed by atoms with van der Waals surface area (Å²) in [5.74, 6) is 0. The van der Waals surface area contributed by atoms with Gasteiger partial charge in [-0.05, 0) is 31.5 Å². The number of nitrogens with one attached hydrogen (secondary N) is 1. The van der Waals surface area contributed by atoms with Crippen molar-refractivity contribution < 1.29 is 0 Å². The highest BCUT2D eigenvalue weighted by atomic mass is 79.9. The minimum atomic E-state index is 0.00702. The lowest BCUT2D eigenvalue weighted by Crippen LogP contribution is -2.45. The zero-order valence-electron chi connectivity index (χ0n) is 8.68. The number of nitrogens with two attached hydrogens (primary N) is 1. The minimum absolute atomic E-state index is 0.00702. The van der Waals surface area contributed by atoms with Crippen LogP contribution in [0.15, 0.2) is 28.7 Å². The van der Waals surface area contributed by atoms with Gasteiger partial charge in [0.25, 0.3) is 0 Å². The molecule has 1 aromatic carbocycles. The summed E-state index contributed by atoms with van der Waals surface area (Å²) in [5.41, 5.74) is 6.90. The summed E-state index contributed by atoms with van der Waals surface area (Å²) in [6.45, 7) is 5.71. The van der Waals surface area contributed by atoms with E-state index in [2.05, 4.69) is 47.2 Å². The summed E-state index contributed by atoms with van der Waals surface area (Å²) >= 11 is 3.41. The zero-order valence-corrected chi connectivity index (χ0v) is 10.3. The molecule has 1 aromatic rings. The number of hydrogen-bond donors (Lipinski definition) is 2. The van der Waals surface area contributed by atoms with E-state index in [1.165, 1.54) is 5.56 Å². The molecule has 0 atom stereocenters. The molecule has 1 rings (SSSR count). The number of halogens is 1. The molecule has 0 heterocycles. The van der Waals surface area contributed by atoms with Gasteiger partial charge in [-0.25, -0.2) is 0 Å². The van der Waals surface area contributed by atoms with Gasteiger partial charge in [0, 0.05) is 23.1 Å². The first kappa shape index (κ1) is 11.7. The van der Waals surface area contributed by atoms with Gasteiger partial charge in [-0.1, -0.05) is 28.1 Å². The van der Waals surface area contributed by atoms with Crippen molar-refractivity contribution in [2.24, 2.45) is 5.73 Å². The van der Waals surface area contributed by atoms with Crippen LogP contribution in [-0.2, 0) is 6.54 Å². The van der Waals surface area contributed by atoms with Crippen molar-refractivity contribution >= 4 is 15.9 Å². The van der Waals surface area contributed by atoms with Gasteiger partial charge in [0.05, 0.1) is 0 Å². The first-order valence-electron chi connectivity index (χ1n) is 4.73. The molecule has 0 saturated carbocycles. The van der Waals surface area contributed by atoms with Crippen LogP contribution in [0.4, 0.5) is 0 Å². The maximum absolute atomic E-state index is 5.62. The molecule has 0 aliphatic rings. The molecule has 78 valence electrons. The van der Waals surface area contributed by atoms with Crippen molar-refractivity contribution in [2.45, 2.75) is 25.9 Å². The fourth-order valence-electron chi connectivity index (χ4n) is 1.02. The lowest BCUT2D eigenvalue weighted by atomic mass is 10.1. The lowest BCUT2D eigenvalue weighted by Gasteiger charge is -2.24. The predicted octanol–water partition coefficient (Wildman–Crippen LogP) is 2.28. The third-order valence-corrected chi connectivity index (χ3v) is 2.72. The molecule has 0 amide bonds. The maximum atomic E-state index is 5.62. The minimum Gasteiger partial charge on any atom is -0.329 e. The Morgan fingerprint density at radius 3 is 2.36 bits per heavy atom. The quantitative estimate of drug-likeness (QED) is 0.868. The lowest BCUT2D eigenvalue weighted by molar-refractivity contribution is 0.397. The number of hydrogen-bond acceptors (Lipinski definition) is 2. The van der Waals surface area contributed by atoms with Crippen LogP contribution in [-0.4, -0.2) is 12.1 Å². The average Bonchev–Trinajstić information content (AvgIpc) is 2.17. The molecular weight excluding hydrogens is 240 g/mol. The Morgan fingerprint density at radius 1 is 1.29 bits per heavy atom. The topological polar surface area (TPSA) is 38.0 Å². The summed E-state index contributed by atoms with van der Waals surface area (Å²) in [7, 11) is 0. The highest BCUT2D eigenvalue weighted by Crippen LogP contribution is 2.11.